The minimum atomic E-state index is -0.00326. The SMILES string of the molecule is CC1(C)c2ccccc2-c2cc(Br)cc(N)c21. The highest BCUT2D eigenvalue weighted by atomic mass is 79.9. The molecule has 0 bridgehead atoms. The molecule has 17 heavy (non-hydrogen) atoms. The average molecular weight is 288 g/mol. The van der Waals surface area contributed by atoms with Crippen LogP contribution in [-0.2, 0) is 5.41 Å². The van der Waals surface area contributed by atoms with Gasteiger partial charge in [0.2, 0.25) is 0 Å². The smallest absolute Gasteiger partial charge is 0.0373 e. The van der Waals surface area contributed by atoms with Gasteiger partial charge in [-0.05, 0) is 34.4 Å². The normalized spacial score (nSPS) is 15.5. The molecule has 0 saturated carbocycles. The monoisotopic (exact) mass is 287 g/mol. The summed E-state index contributed by atoms with van der Waals surface area (Å²) in [5, 5.41) is 0. The molecule has 0 aromatic heterocycles. The van der Waals surface area contributed by atoms with Crippen molar-refractivity contribution >= 4 is 21.6 Å². The van der Waals surface area contributed by atoms with Gasteiger partial charge >= 0.3 is 0 Å². The van der Waals surface area contributed by atoms with Crippen LogP contribution < -0.4 is 5.73 Å². The van der Waals surface area contributed by atoms with Crippen molar-refractivity contribution in [1.29, 1.82) is 0 Å². The lowest BCUT2D eigenvalue weighted by atomic mass is 9.82. The highest BCUT2D eigenvalue weighted by molar-refractivity contribution is 9.10. The zero-order valence-corrected chi connectivity index (χ0v) is 11.5. The van der Waals surface area contributed by atoms with Gasteiger partial charge in [0.1, 0.15) is 0 Å². The molecular weight excluding hydrogens is 274 g/mol. The largest absolute Gasteiger partial charge is 0.398 e. The van der Waals surface area contributed by atoms with E-state index in [1.54, 1.807) is 0 Å². The van der Waals surface area contributed by atoms with Gasteiger partial charge in [0, 0.05) is 15.6 Å². The second kappa shape index (κ2) is 3.36. The molecule has 2 N–H and O–H groups in total. The summed E-state index contributed by atoms with van der Waals surface area (Å²) in [5.41, 5.74) is 12.2. The van der Waals surface area contributed by atoms with E-state index in [-0.39, 0.29) is 5.41 Å². The third-order valence-corrected chi connectivity index (χ3v) is 4.11. The Morgan fingerprint density at radius 2 is 1.76 bits per heavy atom. The standard InChI is InChI=1S/C15H14BrN/c1-15(2)12-6-4-3-5-10(12)11-7-9(16)8-13(17)14(11)15/h3-8H,17H2,1-2H3. The first-order valence-electron chi connectivity index (χ1n) is 5.71. The molecule has 86 valence electrons. The molecule has 3 rings (SSSR count). The zero-order valence-electron chi connectivity index (χ0n) is 9.92. The predicted molar refractivity (Wildman–Crippen MR) is 76.1 cm³/mol. The van der Waals surface area contributed by atoms with Crippen LogP contribution in [-0.4, -0.2) is 0 Å². The van der Waals surface area contributed by atoms with Crippen molar-refractivity contribution in [3.63, 3.8) is 0 Å². The van der Waals surface area contributed by atoms with E-state index >= 15 is 0 Å². The van der Waals surface area contributed by atoms with Crippen molar-refractivity contribution in [3.8, 4) is 11.1 Å². The fourth-order valence-corrected chi connectivity index (χ4v) is 3.41. The second-order valence-electron chi connectivity index (χ2n) is 5.09. The molecule has 0 atom stereocenters. The Morgan fingerprint density at radius 1 is 1.06 bits per heavy atom. The van der Waals surface area contributed by atoms with Gasteiger partial charge in [0.05, 0.1) is 0 Å². The van der Waals surface area contributed by atoms with Gasteiger partial charge in [-0.15, -0.1) is 0 Å². The second-order valence-corrected chi connectivity index (χ2v) is 6.00. The average Bonchev–Trinajstić information content (AvgIpc) is 2.49. The fourth-order valence-electron chi connectivity index (χ4n) is 2.94. The predicted octanol–water partition coefficient (Wildman–Crippen LogP) is 4.34. The van der Waals surface area contributed by atoms with Gasteiger partial charge in [0.15, 0.2) is 0 Å². The summed E-state index contributed by atoms with van der Waals surface area (Å²) in [6, 6.07) is 12.7. The minimum absolute atomic E-state index is 0.00326. The van der Waals surface area contributed by atoms with Crippen LogP contribution >= 0.6 is 15.9 Å². The van der Waals surface area contributed by atoms with Crippen LogP contribution in [0.4, 0.5) is 5.69 Å². The third kappa shape index (κ3) is 1.37. The quantitative estimate of drug-likeness (QED) is 0.717. The number of hydrogen-bond acceptors (Lipinski definition) is 1. The van der Waals surface area contributed by atoms with E-state index < -0.39 is 0 Å². The van der Waals surface area contributed by atoms with E-state index in [1.807, 2.05) is 6.07 Å². The van der Waals surface area contributed by atoms with Gasteiger partial charge in [-0.3, -0.25) is 0 Å². The Morgan fingerprint density at radius 3 is 2.53 bits per heavy atom. The molecule has 1 aliphatic carbocycles. The summed E-state index contributed by atoms with van der Waals surface area (Å²) in [4.78, 5) is 0. The molecule has 0 radical (unpaired) electrons. The van der Waals surface area contributed by atoms with E-state index in [2.05, 4.69) is 60.1 Å². The van der Waals surface area contributed by atoms with Crippen LogP contribution in [0.3, 0.4) is 0 Å². The number of rotatable bonds is 0. The molecule has 0 saturated heterocycles. The van der Waals surface area contributed by atoms with E-state index in [0.29, 0.717) is 0 Å². The summed E-state index contributed by atoms with van der Waals surface area (Å²) in [7, 11) is 0. The maximum atomic E-state index is 6.20. The summed E-state index contributed by atoms with van der Waals surface area (Å²) >= 11 is 3.53. The van der Waals surface area contributed by atoms with E-state index in [9.17, 15) is 0 Å². The van der Waals surface area contributed by atoms with Crippen molar-refractivity contribution in [2.45, 2.75) is 19.3 Å². The number of benzene rings is 2. The molecule has 0 heterocycles. The highest BCUT2D eigenvalue weighted by Crippen LogP contribution is 2.51. The van der Waals surface area contributed by atoms with Crippen LogP contribution in [0.15, 0.2) is 40.9 Å². The molecule has 1 aliphatic rings. The topological polar surface area (TPSA) is 26.0 Å². The van der Waals surface area contributed by atoms with Crippen molar-refractivity contribution in [2.75, 3.05) is 5.73 Å². The van der Waals surface area contributed by atoms with Crippen LogP contribution in [0.2, 0.25) is 0 Å². The highest BCUT2D eigenvalue weighted by Gasteiger charge is 2.36. The Bertz CT molecular complexity index is 614. The van der Waals surface area contributed by atoms with Crippen LogP contribution in [0.1, 0.15) is 25.0 Å². The number of halogens is 1. The lowest BCUT2D eigenvalue weighted by Crippen LogP contribution is -2.16. The lowest BCUT2D eigenvalue weighted by Gasteiger charge is -2.22. The first kappa shape index (κ1) is 10.8. The number of fused-ring (bicyclic) bond motifs is 3. The molecule has 0 amide bonds. The Kier molecular flexibility index (Phi) is 2.14. The number of anilines is 1. The first-order valence-corrected chi connectivity index (χ1v) is 6.50. The van der Waals surface area contributed by atoms with Gasteiger partial charge in [0.25, 0.3) is 0 Å². The van der Waals surface area contributed by atoms with Crippen molar-refractivity contribution in [2.24, 2.45) is 0 Å². The number of hydrogen-bond donors (Lipinski definition) is 1. The van der Waals surface area contributed by atoms with Gasteiger partial charge in [-0.25, -0.2) is 0 Å². The van der Waals surface area contributed by atoms with E-state index in [4.69, 9.17) is 5.73 Å². The molecule has 2 aromatic rings. The number of nitrogens with two attached hydrogens (primary N) is 1. The Hall–Kier alpha value is -1.28. The van der Waals surface area contributed by atoms with Gasteiger partial charge < -0.3 is 5.73 Å². The third-order valence-electron chi connectivity index (χ3n) is 3.65. The van der Waals surface area contributed by atoms with Crippen LogP contribution in [0, 0.1) is 0 Å². The van der Waals surface area contributed by atoms with Crippen LogP contribution in [0.25, 0.3) is 11.1 Å². The Balaban J connectivity index is 2.44. The summed E-state index contributed by atoms with van der Waals surface area (Å²) in [5.74, 6) is 0. The molecular formula is C15H14BrN. The Labute approximate surface area is 110 Å². The summed E-state index contributed by atoms with van der Waals surface area (Å²) < 4.78 is 1.04. The van der Waals surface area contributed by atoms with Crippen molar-refractivity contribution in [3.05, 3.63) is 52.0 Å². The van der Waals surface area contributed by atoms with Crippen LogP contribution in [0.5, 0.6) is 0 Å². The summed E-state index contributed by atoms with van der Waals surface area (Å²) in [6.45, 7) is 4.48. The van der Waals surface area contributed by atoms with E-state index in [1.165, 1.54) is 22.3 Å². The first-order chi connectivity index (χ1) is 8.01. The van der Waals surface area contributed by atoms with E-state index in [0.717, 1.165) is 10.2 Å². The minimum Gasteiger partial charge on any atom is -0.398 e. The van der Waals surface area contributed by atoms with Gasteiger partial charge in [-0.1, -0.05) is 54.0 Å². The lowest BCUT2D eigenvalue weighted by molar-refractivity contribution is 0.662. The fraction of sp³-hybridized carbons (Fsp3) is 0.200. The maximum absolute atomic E-state index is 6.20. The molecule has 0 aliphatic heterocycles. The summed E-state index contributed by atoms with van der Waals surface area (Å²) in [6.07, 6.45) is 0. The van der Waals surface area contributed by atoms with Gasteiger partial charge in [-0.2, -0.15) is 0 Å². The molecule has 0 fully saturated rings. The number of nitrogen functional groups attached to an aromatic ring is 1. The molecule has 0 unspecified atom stereocenters. The zero-order chi connectivity index (χ0) is 12.2. The maximum Gasteiger partial charge on any atom is 0.0373 e. The van der Waals surface area contributed by atoms with Crippen molar-refractivity contribution in [1.82, 2.24) is 0 Å². The molecule has 1 nitrogen and oxygen atoms in total. The molecule has 2 aromatic carbocycles. The molecule has 0 spiro atoms. The molecule has 2 heteroatoms. The van der Waals surface area contributed by atoms with Crippen molar-refractivity contribution < 1.29 is 0 Å².